The Labute approximate surface area is 73.7 Å². The largest absolute Gasteiger partial charge is 0.581 e. The van der Waals surface area contributed by atoms with E-state index in [1.54, 1.807) is 0 Å². The second-order valence-electron chi connectivity index (χ2n) is 2.29. The molecule has 0 aliphatic carbocycles. The summed E-state index contributed by atoms with van der Waals surface area (Å²) >= 11 is 0. The zero-order valence-corrected chi connectivity index (χ0v) is 7.39. The van der Waals surface area contributed by atoms with Crippen molar-refractivity contribution >= 4 is 19.2 Å². The van der Waals surface area contributed by atoms with Gasteiger partial charge in [-0.2, -0.15) is 4.62 Å². The molecule has 0 saturated heterocycles. The third-order valence-corrected chi connectivity index (χ3v) is 1.60. The Morgan fingerprint density at radius 3 is 2.46 bits per heavy atom. The first-order valence-corrected chi connectivity index (χ1v) is 4.73. The molecule has 0 atom stereocenters. The number of aromatic nitrogens is 1. The minimum Gasteiger partial charge on any atom is -0.397 e. The molecule has 7 nitrogen and oxygen atoms in total. The van der Waals surface area contributed by atoms with E-state index in [-0.39, 0.29) is 5.69 Å². The van der Waals surface area contributed by atoms with Gasteiger partial charge in [0, 0.05) is 10.8 Å². The van der Waals surface area contributed by atoms with Gasteiger partial charge in [0.1, 0.15) is 5.69 Å². The predicted molar refractivity (Wildman–Crippen MR) is 44.1 cm³/mol. The topological polar surface area (TPSA) is 123 Å². The number of phosphoric acid groups is 1. The Morgan fingerprint density at radius 1 is 1.38 bits per heavy atom. The molecule has 0 aromatic carbocycles. The van der Waals surface area contributed by atoms with Gasteiger partial charge >= 0.3 is 7.82 Å². The normalized spacial score (nSPS) is 11.2. The Balaban J connectivity index is 2.92. The Kier molecular flexibility index (Phi) is 2.42. The molecule has 72 valence electrons. The van der Waals surface area contributed by atoms with Gasteiger partial charge in [-0.25, -0.2) is 4.57 Å². The minimum atomic E-state index is -4.56. The molecule has 1 aromatic heterocycles. The fourth-order valence-corrected chi connectivity index (χ4v) is 1.03. The number of hydrogen-bond acceptors (Lipinski definition) is 4. The average Bonchev–Trinajstić information content (AvgIpc) is 1.94. The van der Waals surface area contributed by atoms with Crippen molar-refractivity contribution in [2.75, 3.05) is 11.5 Å². The van der Waals surface area contributed by atoms with Crippen LogP contribution in [0.15, 0.2) is 18.5 Å². The van der Waals surface area contributed by atoms with Crippen molar-refractivity contribution in [2.45, 2.75) is 0 Å². The molecular formula is C5H9N3O4P+. The monoisotopic (exact) mass is 206 g/mol. The van der Waals surface area contributed by atoms with E-state index in [9.17, 15) is 4.57 Å². The lowest BCUT2D eigenvalue weighted by molar-refractivity contribution is -0.860. The highest BCUT2D eigenvalue weighted by molar-refractivity contribution is 7.46. The maximum atomic E-state index is 10.4. The van der Waals surface area contributed by atoms with E-state index < -0.39 is 7.82 Å². The van der Waals surface area contributed by atoms with E-state index in [0.29, 0.717) is 5.69 Å². The summed E-state index contributed by atoms with van der Waals surface area (Å²) in [6.07, 6.45) is 2.40. The standard InChI is InChI=1S/C5H8N3O4P/c6-4-1-2-8(3-5(4)7)12-13(9,10)11/h1-3,6H,7H2,(H2,9,10,11)/p+1. The van der Waals surface area contributed by atoms with Crippen LogP contribution >= 0.6 is 7.82 Å². The number of nitrogen functional groups attached to an aromatic ring is 2. The molecule has 6 N–H and O–H groups in total. The fraction of sp³-hybridized carbons (Fsp3) is 0. The molecule has 0 fully saturated rings. The van der Waals surface area contributed by atoms with E-state index in [1.165, 1.54) is 12.3 Å². The summed E-state index contributed by atoms with van der Waals surface area (Å²) in [6.45, 7) is 0. The quantitative estimate of drug-likeness (QED) is 0.351. The first-order valence-electron chi connectivity index (χ1n) is 3.20. The molecule has 0 amide bonds. The summed E-state index contributed by atoms with van der Waals surface area (Å²) in [6, 6.07) is 1.37. The lowest BCUT2D eigenvalue weighted by Crippen LogP contribution is -2.40. The van der Waals surface area contributed by atoms with Crippen LogP contribution in [0.3, 0.4) is 0 Å². The molecule has 8 heteroatoms. The molecule has 0 bridgehead atoms. The molecule has 0 aliphatic rings. The highest BCUT2D eigenvalue weighted by Gasteiger charge is 2.22. The SMILES string of the molecule is Nc1cc[n+](OP(=O)(O)O)cc1N. The van der Waals surface area contributed by atoms with Crippen molar-refractivity contribution in [3.8, 4) is 0 Å². The molecule has 1 heterocycles. The van der Waals surface area contributed by atoms with Crippen molar-refractivity contribution in [1.82, 2.24) is 0 Å². The third-order valence-electron chi connectivity index (χ3n) is 1.20. The average molecular weight is 206 g/mol. The summed E-state index contributed by atoms with van der Waals surface area (Å²) in [5, 5.41) is 0. The second-order valence-corrected chi connectivity index (χ2v) is 3.43. The van der Waals surface area contributed by atoms with Crippen molar-refractivity contribution in [3.63, 3.8) is 0 Å². The summed E-state index contributed by atoms with van der Waals surface area (Å²) in [5.41, 5.74) is 11.2. The van der Waals surface area contributed by atoms with Gasteiger partial charge in [0.2, 0.25) is 12.4 Å². The lowest BCUT2D eigenvalue weighted by Gasteiger charge is -1.99. The highest BCUT2D eigenvalue weighted by atomic mass is 31.2. The van der Waals surface area contributed by atoms with E-state index >= 15 is 0 Å². The first kappa shape index (κ1) is 9.79. The predicted octanol–water partition coefficient (Wildman–Crippen LogP) is -1.34. The van der Waals surface area contributed by atoms with Gasteiger partial charge in [-0.05, 0) is 0 Å². The number of pyridine rings is 1. The summed E-state index contributed by atoms with van der Waals surface area (Å²) in [7, 11) is -4.56. The maximum absolute atomic E-state index is 10.4. The van der Waals surface area contributed by atoms with Crippen LogP contribution in [0.2, 0.25) is 0 Å². The van der Waals surface area contributed by atoms with Gasteiger partial charge in [-0.15, -0.1) is 0 Å². The summed E-state index contributed by atoms with van der Waals surface area (Å²) in [4.78, 5) is 16.9. The number of nitrogens with two attached hydrogens (primary N) is 2. The zero-order valence-electron chi connectivity index (χ0n) is 6.49. The van der Waals surface area contributed by atoms with Crippen LogP contribution in [0.1, 0.15) is 0 Å². The molecule has 13 heavy (non-hydrogen) atoms. The molecule has 1 aromatic rings. The van der Waals surface area contributed by atoms with Crippen LogP contribution in [-0.2, 0) is 4.57 Å². The van der Waals surface area contributed by atoms with E-state index in [0.717, 1.165) is 10.9 Å². The Morgan fingerprint density at radius 2 is 2.00 bits per heavy atom. The fourth-order valence-electron chi connectivity index (χ4n) is 0.678. The van der Waals surface area contributed by atoms with Crippen LogP contribution in [-0.4, -0.2) is 9.79 Å². The third kappa shape index (κ3) is 2.90. The van der Waals surface area contributed by atoms with Crippen molar-refractivity contribution in [1.29, 1.82) is 0 Å². The van der Waals surface area contributed by atoms with E-state index in [4.69, 9.17) is 21.3 Å². The smallest absolute Gasteiger partial charge is 0.397 e. The van der Waals surface area contributed by atoms with Crippen molar-refractivity contribution in [3.05, 3.63) is 18.5 Å². The van der Waals surface area contributed by atoms with Crippen LogP contribution in [0, 0.1) is 0 Å². The van der Waals surface area contributed by atoms with Gasteiger partial charge in [0.05, 0.1) is 5.69 Å². The Hall–Kier alpha value is -1.30. The van der Waals surface area contributed by atoms with Gasteiger partial charge in [-0.3, -0.25) is 9.79 Å². The zero-order chi connectivity index (χ0) is 10.1. The molecule has 1 rings (SSSR count). The number of rotatable bonds is 2. The number of anilines is 2. The molecule has 0 radical (unpaired) electrons. The van der Waals surface area contributed by atoms with Gasteiger partial charge < -0.3 is 11.5 Å². The van der Waals surface area contributed by atoms with Gasteiger partial charge in [0.25, 0.3) is 0 Å². The van der Waals surface area contributed by atoms with Crippen LogP contribution in [0.5, 0.6) is 0 Å². The van der Waals surface area contributed by atoms with E-state index in [2.05, 4.69) is 4.62 Å². The summed E-state index contributed by atoms with van der Waals surface area (Å²) in [5.74, 6) is 0. The molecule has 0 aliphatic heterocycles. The minimum absolute atomic E-state index is 0.177. The van der Waals surface area contributed by atoms with Crippen LogP contribution in [0.25, 0.3) is 0 Å². The first-order chi connectivity index (χ1) is 5.88. The van der Waals surface area contributed by atoms with Crippen molar-refractivity contribution in [2.24, 2.45) is 0 Å². The summed E-state index contributed by atoms with van der Waals surface area (Å²) < 4.78 is 15.4. The van der Waals surface area contributed by atoms with E-state index in [1.807, 2.05) is 0 Å². The number of hydrogen-bond donors (Lipinski definition) is 4. The molecule has 0 saturated carbocycles. The lowest BCUT2D eigenvalue weighted by atomic mass is 10.4. The molecule has 0 spiro atoms. The number of nitrogens with zero attached hydrogens (tertiary/aromatic N) is 1. The second kappa shape index (κ2) is 3.21. The van der Waals surface area contributed by atoms with Gasteiger partial charge in [0.15, 0.2) is 0 Å². The van der Waals surface area contributed by atoms with Gasteiger partial charge in [-0.1, -0.05) is 0 Å². The molecular weight excluding hydrogens is 197 g/mol. The maximum Gasteiger partial charge on any atom is 0.581 e. The highest BCUT2D eigenvalue weighted by Crippen LogP contribution is 2.29. The molecule has 0 unspecified atom stereocenters. The van der Waals surface area contributed by atoms with Crippen LogP contribution in [0.4, 0.5) is 11.4 Å². The van der Waals surface area contributed by atoms with Crippen molar-refractivity contribution < 1.29 is 23.7 Å². The Bertz CT molecular complexity index is 363. The van der Waals surface area contributed by atoms with Crippen LogP contribution < -0.4 is 20.8 Å².